The number of hydrogen-bond acceptors (Lipinski definition) is 7. The van der Waals surface area contributed by atoms with Gasteiger partial charge < -0.3 is 28.4 Å². The third-order valence-corrected chi connectivity index (χ3v) is 7.97. The molecule has 0 bridgehead atoms. The molecule has 4 heterocycles. The number of anilines is 1. The molecule has 1 unspecified atom stereocenters. The van der Waals surface area contributed by atoms with Crippen LogP contribution in [0.5, 0.6) is 0 Å². The SMILES string of the molecule is CC1CN(C(=O)OC(C)(C)C)CCN1c1ncnc2c1c(B1OC(C)(C)C(C)(C)O1)cn2-c1cccc(Cl)c1. The molecule has 9 nitrogen and oxygen atoms in total. The molecule has 39 heavy (non-hydrogen) atoms. The second-order valence-corrected chi connectivity index (χ2v) is 12.8. The van der Waals surface area contributed by atoms with Crippen LogP contribution in [0, 0.1) is 0 Å². The summed E-state index contributed by atoms with van der Waals surface area (Å²) in [4.78, 5) is 26.2. The van der Waals surface area contributed by atoms with Gasteiger partial charge in [-0.2, -0.15) is 0 Å². The maximum Gasteiger partial charge on any atom is 0.497 e. The van der Waals surface area contributed by atoms with Crippen molar-refractivity contribution in [2.75, 3.05) is 24.5 Å². The lowest BCUT2D eigenvalue weighted by Gasteiger charge is -2.41. The Bertz CT molecular complexity index is 1390. The lowest BCUT2D eigenvalue weighted by atomic mass is 9.79. The number of fused-ring (bicyclic) bond motifs is 1. The van der Waals surface area contributed by atoms with Gasteiger partial charge in [0.25, 0.3) is 0 Å². The van der Waals surface area contributed by atoms with E-state index in [0.717, 1.165) is 28.0 Å². The zero-order valence-electron chi connectivity index (χ0n) is 24.0. The fourth-order valence-corrected chi connectivity index (χ4v) is 5.21. The number of aromatic nitrogens is 3. The van der Waals surface area contributed by atoms with Crippen molar-refractivity contribution in [1.29, 1.82) is 0 Å². The van der Waals surface area contributed by atoms with Gasteiger partial charge in [-0.05, 0) is 73.6 Å². The second-order valence-electron chi connectivity index (χ2n) is 12.4. The summed E-state index contributed by atoms with van der Waals surface area (Å²) in [5.74, 6) is 0.779. The molecule has 2 aliphatic rings. The van der Waals surface area contributed by atoms with Gasteiger partial charge in [0.1, 0.15) is 23.4 Å². The van der Waals surface area contributed by atoms with Crippen molar-refractivity contribution in [2.24, 2.45) is 0 Å². The molecule has 0 aliphatic carbocycles. The van der Waals surface area contributed by atoms with Crippen molar-refractivity contribution < 1.29 is 18.8 Å². The first-order chi connectivity index (χ1) is 18.2. The van der Waals surface area contributed by atoms with Crippen LogP contribution in [-0.4, -0.2) is 75.1 Å². The monoisotopic (exact) mass is 553 g/mol. The number of carbonyl (C=O) groups excluding carboxylic acids is 1. The average molecular weight is 554 g/mol. The number of carbonyl (C=O) groups is 1. The first kappa shape index (κ1) is 27.7. The smallest absolute Gasteiger partial charge is 0.444 e. The van der Waals surface area contributed by atoms with Crippen molar-refractivity contribution >= 4 is 47.1 Å². The van der Waals surface area contributed by atoms with Crippen molar-refractivity contribution in [3.63, 3.8) is 0 Å². The quantitative estimate of drug-likeness (QED) is 0.430. The largest absolute Gasteiger partial charge is 0.497 e. The van der Waals surface area contributed by atoms with Crippen LogP contribution in [0.25, 0.3) is 16.7 Å². The molecule has 2 saturated heterocycles. The van der Waals surface area contributed by atoms with Crippen molar-refractivity contribution in [2.45, 2.75) is 78.2 Å². The molecule has 11 heteroatoms. The van der Waals surface area contributed by atoms with E-state index < -0.39 is 23.9 Å². The van der Waals surface area contributed by atoms with Gasteiger partial charge >= 0.3 is 13.2 Å². The zero-order valence-corrected chi connectivity index (χ0v) is 24.7. The summed E-state index contributed by atoms with van der Waals surface area (Å²) in [6.45, 7) is 17.5. The van der Waals surface area contributed by atoms with E-state index in [1.165, 1.54) is 0 Å². The molecular weight excluding hydrogens is 517 g/mol. The normalized spacial score (nSPS) is 21.1. The van der Waals surface area contributed by atoms with E-state index in [4.69, 9.17) is 35.6 Å². The molecule has 5 rings (SSSR count). The number of halogens is 1. The van der Waals surface area contributed by atoms with E-state index in [1.807, 2.05) is 83.5 Å². The van der Waals surface area contributed by atoms with Crippen molar-refractivity contribution in [3.8, 4) is 5.69 Å². The van der Waals surface area contributed by atoms with Crippen LogP contribution >= 0.6 is 11.6 Å². The highest BCUT2D eigenvalue weighted by Crippen LogP contribution is 2.38. The van der Waals surface area contributed by atoms with E-state index >= 15 is 0 Å². The summed E-state index contributed by atoms with van der Waals surface area (Å²) in [5, 5.41) is 1.49. The van der Waals surface area contributed by atoms with E-state index in [9.17, 15) is 4.79 Å². The van der Waals surface area contributed by atoms with E-state index in [2.05, 4.69) is 11.8 Å². The van der Waals surface area contributed by atoms with Gasteiger partial charge in [-0.1, -0.05) is 17.7 Å². The number of ether oxygens (including phenoxy) is 1. The predicted octanol–water partition coefficient (Wildman–Crippen LogP) is 4.82. The molecule has 0 spiro atoms. The van der Waals surface area contributed by atoms with Crippen LogP contribution in [0.1, 0.15) is 55.4 Å². The lowest BCUT2D eigenvalue weighted by Crippen LogP contribution is -2.55. The number of hydrogen-bond donors (Lipinski definition) is 0. The zero-order chi connectivity index (χ0) is 28.3. The van der Waals surface area contributed by atoms with Crippen LogP contribution in [0.4, 0.5) is 10.6 Å². The minimum absolute atomic E-state index is 0.00923. The maximum absolute atomic E-state index is 12.8. The number of benzene rings is 1. The number of amides is 1. The summed E-state index contributed by atoms with van der Waals surface area (Å²) in [5.41, 5.74) is 0.892. The van der Waals surface area contributed by atoms with Gasteiger partial charge in [0.05, 0.1) is 16.6 Å². The van der Waals surface area contributed by atoms with Crippen molar-refractivity contribution in [1.82, 2.24) is 19.4 Å². The van der Waals surface area contributed by atoms with Crippen molar-refractivity contribution in [3.05, 3.63) is 41.8 Å². The van der Waals surface area contributed by atoms with E-state index in [-0.39, 0.29) is 12.1 Å². The number of nitrogens with zero attached hydrogens (tertiary/aromatic N) is 5. The molecule has 0 N–H and O–H groups in total. The summed E-state index contributed by atoms with van der Waals surface area (Å²) in [7, 11) is -0.610. The standard InChI is InChI=1S/C28H37BClN5O4/c1-18-15-33(25(36)37-26(2,3)4)12-13-34(18)23-22-21(29-38-27(5,6)28(7,8)39-29)16-35(24(22)32-17-31-23)20-11-9-10-19(30)14-20/h9-11,14,16-18H,12-13,15H2,1-8H3. The molecule has 2 aromatic heterocycles. The fraction of sp³-hybridized carbons (Fsp3) is 0.536. The Labute approximate surface area is 235 Å². The number of piperazine rings is 1. The first-order valence-corrected chi connectivity index (χ1v) is 13.8. The molecule has 1 aromatic carbocycles. The Balaban J connectivity index is 1.58. The topological polar surface area (TPSA) is 82.0 Å². The van der Waals surface area contributed by atoms with Crippen LogP contribution in [-0.2, 0) is 14.0 Å². The highest BCUT2D eigenvalue weighted by Gasteiger charge is 2.53. The Kier molecular flexibility index (Phi) is 6.88. The summed E-state index contributed by atoms with van der Waals surface area (Å²) in [6, 6.07) is 7.64. The van der Waals surface area contributed by atoms with Gasteiger partial charge in [-0.15, -0.1) is 0 Å². The molecule has 0 radical (unpaired) electrons. The second kappa shape index (κ2) is 9.68. The number of rotatable bonds is 3. The minimum Gasteiger partial charge on any atom is -0.444 e. The van der Waals surface area contributed by atoms with Gasteiger partial charge in [-0.3, -0.25) is 0 Å². The molecule has 3 aromatic rings. The Morgan fingerprint density at radius 3 is 2.44 bits per heavy atom. The summed E-state index contributed by atoms with van der Waals surface area (Å²) < 4.78 is 20.6. The Morgan fingerprint density at radius 1 is 1.13 bits per heavy atom. The van der Waals surface area contributed by atoms with Crippen LogP contribution < -0.4 is 10.4 Å². The van der Waals surface area contributed by atoms with Gasteiger partial charge in [-0.25, -0.2) is 14.8 Å². The third kappa shape index (κ3) is 5.22. The van der Waals surface area contributed by atoms with Gasteiger partial charge in [0, 0.05) is 48.0 Å². The summed E-state index contributed by atoms with van der Waals surface area (Å²) in [6.07, 6.45) is 3.30. The minimum atomic E-state index is -0.610. The Hall–Kier alpha value is -2.82. The van der Waals surface area contributed by atoms with E-state index in [0.29, 0.717) is 24.7 Å². The summed E-state index contributed by atoms with van der Waals surface area (Å²) >= 11 is 6.36. The van der Waals surface area contributed by atoms with Crippen LogP contribution in [0.3, 0.4) is 0 Å². The van der Waals surface area contributed by atoms with Gasteiger partial charge in [0.15, 0.2) is 0 Å². The average Bonchev–Trinajstić information content (AvgIpc) is 3.32. The van der Waals surface area contributed by atoms with Gasteiger partial charge in [0.2, 0.25) is 0 Å². The maximum atomic E-state index is 12.8. The molecule has 1 atom stereocenters. The lowest BCUT2D eigenvalue weighted by molar-refractivity contribution is 0.00578. The highest BCUT2D eigenvalue weighted by molar-refractivity contribution is 6.65. The van der Waals surface area contributed by atoms with E-state index in [1.54, 1.807) is 11.2 Å². The highest BCUT2D eigenvalue weighted by atomic mass is 35.5. The molecule has 2 fully saturated rings. The van der Waals surface area contributed by atoms with Crippen LogP contribution in [0.15, 0.2) is 36.8 Å². The van der Waals surface area contributed by atoms with Crippen LogP contribution in [0.2, 0.25) is 5.02 Å². The molecule has 2 aliphatic heterocycles. The molecular formula is C28H37BClN5O4. The Morgan fingerprint density at radius 2 is 1.82 bits per heavy atom. The molecule has 1 amide bonds. The predicted molar refractivity (Wildman–Crippen MR) is 154 cm³/mol. The third-order valence-electron chi connectivity index (χ3n) is 7.74. The molecule has 0 saturated carbocycles. The first-order valence-electron chi connectivity index (χ1n) is 13.4. The fourth-order valence-electron chi connectivity index (χ4n) is 5.03. The molecule has 208 valence electrons.